The zero-order chi connectivity index (χ0) is 12.4. The van der Waals surface area contributed by atoms with Gasteiger partial charge in [-0.3, -0.25) is 4.79 Å². The Labute approximate surface area is 107 Å². The van der Waals surface area contributed by atoms with Crippen molar-refractivity contribution in [2.75, 3.05) is 11.9 Å². The quantitative estimate of drug-likeness (QED) is 0.868. The van der Waals surface area contributed by atoms with Crippen LogP contribution < -0.4 is 5.32 Å². The molecule has 0 spiro atoms. The molecule has 1 aliphatic heterocycles. The van der Waals surface area contributed by atoms with E-state index >= 15 is 0 Å². The molecule has 90 valence electrons. The standard InChI is InChI=1S/C16H15NO/c18-15-9-10-17-16-13(7-4-8-14(15)16)11-12-5-2-1-3-6-12/h1-8,17H,9-11H2. The van der Waals surface area contributed by atoms with Crippen LogP contribution in [-0.4, -0.2) is 12.3 Å². The van der Waals surface area contributed by atoms with Crippen molar-refractivity contribution in [1.82, 2.24) is 0 Å². The molecule has 2 nitrogen and oxygen atoms in total. The molecule has 0 fully saturated rings. The molecule has 0 radical (unpaired) electrons. The van der Waals surface area contributed by atoms with E-state index in [2.05, 4.69) is 23.5 Å². The van der Waals surface area contributed by atoms with Gasteiger partial charge in [-0.1, -0.05) is 42.5 Å². The lowest BCUT2D eigenvalue weighted by molar-refractivity contribution is 0.0983. The van der Waals surface area contributed by atoms with Gasteiger partial charge >= 0.3 is 0 Å². The highest BCUT2D eigenvalue weighted by molar-refractivity contribution is 6.03. The number of anilines is 1. The van der Waals surface area contributed by atoms with Crippen LogP contribution in [0.5, 0.6) is 0 Å². The average molecular weight is 237 g/mol. The van der Waals surface area contributed by atoms with E-state index in [0.717, 1.165) is 24.2 Å². The van der Waals surface area contributed by atoms with Crippen molar-refractivity contribution in [2.45, 2.75) is 12.8 Å². The van der Waals surface area contributed by atoms with Crippen molar-refractivity contribution >= 4 is 11.5 Å². The second-order valence-corrected chi connectivity index (χ2v) is 4.60. The van der Waals surface area contributed by atoms with Gasteiger partial charge in [0.25, 0.3) is 0 Å². The van der Waals surface area contributed by atoms with Crippen LogP contribution in [0.25, 0.3) is 0 Å². The predicted octanol–water partition coefficient (Wildman–Crippen LogP) is 3.28. The third-order valence-electron chi connectivity index (χ3n) is 3.34. The number of carbonyl (C=O) groups excluding carboxylic acids is 1. The van der Waals surface area contributed by atoms with Crippen LogP contribution in [0.2, 0.25) is 0 Å². The first kappa shape index (κ1) is 11.0. The summed E-state index contributed by atoms with van der Waals surface area (Å²) in [6, 6.07) is 16.3. The van der Waals surface area contributed by atoms with E-state index in [1.165, 1.54) is 11.1 Å². The minimum Gasteiger partial charge on any atom is -0.384 e. The highest BCUT2D eigenvalue weighted by Crippen LogP contribution is 2.27. The van der Waals surface area contributed by atoms with E-state index in [1.807, 2.05) is 30.3 Å². The van der Waals surface area contributed by atoms with Gasteiger partial charge in [0.05, 0.1) is 0 Å². The summed E-state index contributed by atoms with van der Waals surface area (Å²) in [4.78, 5) is 11.9. The number of benzene rings is 2. The van der Waals surface area contributed by atoms with Crippen molar-refractivity contribution in [3.05, 3.63) is 65.2 Å². The summed E-state index contributed by atoms with van der Waals surface area (Å²) < 4.78 is 0. The third kappa shape index (κ3) is 2.02. The van der Waals surface area contributed by atoms with E-state index in [9.17, 15) is 4.79 Å². The first-order valence-electron chi connectivity index (χ1n) is 6.27. The smallest absolute Gasteiger partial charge is 0.166 e. The molecule has 0 aliphatic carbocycles. The van der Waals surface area contributed by atoms with Crippen LogP contribution in [0.3, 0.4) is 0 Å². The van der Waals surface area contributed by atoms with Crippen LogP contribution in [0, 0.1) is 0 Å². The molecule has 0 saturated heterocycles. The minimum atomic E-state index is 0.249. The number of hydrogen-bond donors (Lipinski definition) is 1. The number of ketones is 1. The summed E-state index contributed by atoms with van der Waals surface area (Å²) in [6.45, 7) is 0.748. The van der Waals surface area contributed by atoms with Crippen LogP contribution in [-0.2, 0) is 6.42 Å². The number of Topliss-reactive ketones (excluding diaryl/α,β-unsaturated/α-hetero) is 1. The molecule has 0 saturated carbocycles. The fourth-order valence-electron chi connectivity index (χ4n) is 2.44. The topological polar surface area (TPSA) is 29.1 Å². The molecular weight excluding hydrogens is 222 g/mol. The van der Waals surface area contributed by atoms with Gasteiger partial charge in [0.15, 0.2) is 5.78 Å². The van der Waals surface area contributed by atoms with Gasteiger partial charge in [-0.05, 0) is 23.6 Å². The molecule has 2 aromatic carbocycles. The van der Waals surface area contributed by atoms with Gasteiger partial charge in [0.1, 0.15) is 0 Å². The summed E-state index contributed by atoms with van der Waals surface area (Å²) in [5.74, 6) is 0.249. The monoisotopic (exact) mass is 237 g/mol. The SMILES string of the molecule is O=C1CCNc2c(Cc3ccccc3)cccc21. The van der Waals surface area contributed by atoms with Crippen molar-refractivity contribution in [2.24, 2.45) is 0 Å². The van der Waals surface area contributed by atoms with Gasteiger partial charge in [0, 0.05) is 24.2 Å². The molecule has 1 heterocycles. The number of carbonyl (C=O) groups is 1. The van der Waals surface area contributed by atoms with Crippen molar-refractivity contribution in [3.63, 3.8) is 0 Å². The molecule has 0 atom stereocenters. The number of rotatable bonds is 2. The predicted molar refractivity (Wildman–Crippen MR) is 73.1 cm³/mol. The lowest BCUT2D eigenvalue weighted by Gasteiger charge is -2.20. The second kappa shape index (κ2) is 4.65. The maximum absolute atomic E-state index is 11.9. The Kier molecular flexibility index (Phi) is 2.85. The number of nitrogens with one attached hydrogen (secondary N) is 1. The largest absolute Gasteiger partial charge is 0.384 e. The van der Waals surface area contributed by atoms with Crippen LogP contribution in [0.15, 0.2) is 48.5 Å². The second-order valence-electron chi connectivity index (χ2n) is 4.60. The number of hydrogen-bond acceptors (Lipinski definition) is 2. The highest BCUT2D eigenvalue weighted by atomic mass is 16.1. The maximum atomic E-state index is 11.9. The molecule has 1 aliphatic rings. The Morgan fingerprint density at radius 1 is 1.00 bits per heavy atom. The normalized spacial score (nSPS) is 13.9. The summed E-state index contributed by atoms with van der Waals surface area (Å²) in [6.07, 6.45) is 1.46. The van der Waals surface area contributed by atoms with E-state index in [0.29, 0.717) is 6.42 Å². The molecule has 0 aromatic heterocycles. The summed E-state index contributed by atoms with van der Waals surface area (Å²) >= 11 is 0. The van der Waals surface area contributed by atoms with E-state index in [-0.39, 0.29) is 5.78 Å². The molecule has 1 N–H and O–H groups in total. The fraction of sp³-hybridized carbons (Fsp3) is 0.188. The molecule has 0 unspecified atom stereocenters. The Bertz CT molecular complexity index is 575. The number of para-hydroxylation sites is 1. The Hall–Kier alpha value is -2.09. The van der Waals surface area contributed by atoms with Crippen LogP contribution in [0.1, 0.15) is 27.9 Å². The minimum absolute atomic E-state index is 0.249. The van der Waals surface area contributed by atoms with Gasteiger partial charge in [0.2, 0.25) is 0 Å². The van der Waals surface area contributed by atoms with Crippen molar-refractivity contribution in [1.29, 1.82) is 0 Å². The first-order valence-corrected chi connectivity index (χ1v) is 6.27. The highest BCUT2D eigenvalue weighted by Gasteiger charge is 2.18. The molecular formula is C16H15NO. The molecule has 3 rings (SSSR count). The van der Waals surface area contributed by atoms with Crippen molar-refractivity contribution in [3.8, 4) is 0 Å². The van der Waals surface area contributed by atoms with Gasteiger partial charge in [-0.15, -0.1) is 0 Å². The maximum Gasteiger partial charge on any atom is 0.166 e. The van der Waals surface area contributed by atoms with E-state index in [1.54, 1.807) is 0 Å². The van der Waals surface area contributed by atoms with Crippen LogP contribution in [0.4, 0.5) is 5.69 Å². The van der Waals surface area contributed by atoms with Gasteiger partial charge < -0.3 is 5.32 Å². The molecule has 0 amide bonds. The zero-order valence-electron chi connectivity index (χ0n) is 10.1. The molecule has 0 bridgehead atoms. The summed E-state index contributed by atoms with van der Waals surface area (Å²) in [5.41, 5.74) is 4.34. The fourth-order valence-corrected chi connectivity index (χ4v) is 2.44. The lowest BCUT2D eigenvalue weighted by atomic mass is 9.95. The van der Waals surface area contributed by atoms with Crippen molar-refractivity contribution < 1.29 is 4.79 Å². The lowest BCUT2D eigenvalue weighted by Crippen LogP contribution is -2.19. The Morgan fingerprint density at radius 2 is 1.83 bits per heavy atom. The summed E-state index contributed by atoms with van der Waals surface area (Å²) in [5, 5.41) is 3.36. The Morgan fingerprint density at radius 3 is 2.67 bits per heavy atom. The average Bonchev–Trinajstić information content (AvgIpc) is 2.41. The molecule has 2 heteroatoms. The summed E-state index contributed by atoms with van der Waals surface area (Å²) in [7, 11) is 0. The third-order valence-corrected chi connectivity index (χ3v) is 3.34. The van der Waals surface area contributed by atoms with Gasteiger partial charge in [-0.25, -0.2) is 0 Å². The van der Waals surface area contributed by atoms with E-state index < -0.39 is 0 Å². The number of fused-ring (bicyclic) bond motifs is 1. The zero-order valence-corrected chi connectivity index (χ0v) is 10.1. The Balaban J connectivity index is 1.98. The molecule has 2 aromatic rings. The first-order chi connectivity index (χ1) is 8.84. The van der Waals surface area contributed by atoms with Crippen LogP contribution >= 0.6 is 0 Å². The van der Waals surface area contributed by atoms with E-state index in [4.69, 9.17) is 0 Å². The molecule has 18 heavy (non-hydrogen) atoms. The van der Waals surface area contributed by atoms with Gasteiger partial charge in [-0.2, -0.15) is 0 Å².